The van der Waals surface area contributed by atoms with Crippen LogP contribution in [0.4, 0.5) is 4.79 Å². The highest BCUT2D eigenvalue weighted by molar-refractivity contribution is 5.76. The van der Waals surface area contributed by atoms with Crippen LogP contribution in [0.3, 0.4) is 0 Å². The van der Waals surface area contributed by atoms with Gasteiger partial charge in [-0.25, -0.2) is 4.79 Å². The molecule has 1 fully saturated rings. The maximum Gasteiger partial charge on any atom is 0.317 e. The molecule has 0 spiro atoms. The van der Waals surface area contributed by atoms with Gasteiger partial charge in [0.2, 0.25) is 0 Å². The highest BCUT2D eigenvalue weighted by Crippen LogP contribution is 2.19. The Balaban J connectivity index is 2.36. The van der Waals surface area contributed by atoms with Crippen molar-refractivity contribution in [1.29, 1.82) is 0 Å². The zero-order chi connectivity index (χ0) is 14.6. The van der Waals surface area contributed by atoms with Crippen LogP contribution in [0.2, 0.25) is 0 Å². The largest absolute Gasteiger partial charge is 0.481 e. The molecular formula is C13H25N3O3. The summed E-state index contributed by atoms with van der Waals surface area (Å²) in [4.78, 5) is 26.3. The first-order valence-electron chi connectivity index (χ1n) is 6.71. The highest BCUT2D eigenvalue weighted by atomic mass is 16.4. The minimum atomic E-state index is -0.794. The van der Waals surface area contributed by atoms with E-state index in [1.165, 1.54) is 0 Å². The Bertz CT molecular complexity index is 325. The maximum atomic E-state index is 12.0. The first-order chi connectivity index (χ1) is 8.79. The number of hydrogen-bond acceptors (Lipinski definition) is 3. The summed E-state index contributed by atoms with van der Waals surface area (Å²) in [7, 11) is 3.96. The Labute approximate surface area is 114 Å². The van der Waals surface area contributed by atoms with E-state index in [0.717, 1.165) is 6.54 Å². The molecule has 1 atom stereocenters. The number of aliphatic carboxylic acids is 1. The Kier molecular flexibility index (Phi) is 5.60. The number of nitrogens with one attached hydrogen (secondary N) is 1. The molecule has 0 aromatic carbocycles. The molecule has 6 nitrogen and oxygen atoms in total. The van der Waals surface area contributed by atoms with Crippen LogP contribution in [0.1, 0.15) is 20.3 Å². The minimum Gasteiger partial charge on any atom is -0.481 e. The van der Waals surface area contributed by atoms with Crippen molar-refractivity contribution in [2.24, 2.45) is 11.8 Å². The molecule has 1 rings (SSSR count). The average Bonchev–Trinajstić information content (AvgIpc) is 2.20. The number of hydrogen-bond donors (Lipinski definition) is 2. The van der Waals surface area contributed by atoms with Gasteiger partial charge in [-0.05, 0) is 20.0 Å². The zero-order valence-electron chi connectivity index (χ0n) is 12.2. The second-order valence-electron chi connectivity index (χ2n) is 5.93. The topological polar surface area (TPSA) is 72.9 Å². The average molecular weight is 271 g/mol. The van der Waals surface area contributed by atoms with Crippen molar-refractivity contribution in [2.75, 3.05) is 33.7 Å². The van der Waals surface area contributed by atoms with Crippen molar-refractivity contribution in [1.82, 2.24) is 15.1 Å². The summed E-state index contributed by atoms with van der Waals surface area (Å²) in [5, 5.41) is 11.7. The number of carboxylic acid groups (broad SMARTS) is 1. The van der Waals surface area contributed by atoms with Crippen molar-refractivity contribution in [3.8, 4) is 0 Å². The summed E-state index contributed by atoms with van der Waals surface area (Å²) in [5.41, 5.74) is 0. The molecule has 19 heavy (non-hydrogen) atoms. The number of carboxylic acids is 1. The summed E-state index contributed by atoms with van der Waals surface area (Å²) >= 11 is 0. The van der Waals surface area contributed by atoms with Crippen LogP contribution in [-0.2, 0) is 4.79 Å². The number of likely N-dealkylation sites (N-methyl/N-ethyl adjacent to an activating group) is 1. The van der Waals surface area contributed by atoms with Crippen LogP contribution in [0.25, 0.3) is 0 Å². The van der Waals surface area contributed by atoms with Crippen molar-refractivity contribution in [2.45, 2.75) is 26.3 Å². The molecule has 1 unspecified atom stereocenters. The summed E-state index contributed by atoms with van der Waals surface area (Å²) in [5.74, 6) is -0.324. The molecule has 0 aromatic heterocycles. The number of nitrogens with zero attached hydrogens (tertiary/aromatic N) is 2. The first kappa shape index (κ1) is 15.8. The molecule has 1 saturated heterocycles. The van der Waals surface area contributed by atoms with Gasteiger partial charge in [-0.15, -0.1) is 0 Å². The summed E-state index contributed by atoms with van der Waals surface area (Å²) in [6.45, 7) is 6.06. The van der Waals surface area contributed by atoms with Gasteiger partial charge < -0.3 is 20.2 Å². The lowest BCUT2D eigenvalue weighted by Gasteiger charge is -2.40. The first-order valence-corrected chi connectivity index (χ1v) is 6.71. The number of amides is 2. The van der Waals surface area contributed by atoms with E-state index in [0.29, 0.717) is 19.0 Å². The zero-order valence-corrected chi connectivity index (χ0v) is 12.2. The molecule has 1 aliphatic heterocycles. The van der Waals surface area contributed by atoms with Gasteiger partial charge in [0.1, 0.15) is 0 Å². The molecule has 0 aliphatic carbocycles. The second kappa shape index (κ2) is 6.75. The van der Waals surface area contributed by atoms with E-state index in [2.05, 4.69) is 19.2 Å². The summed E-state index contributed by atoms with van der Waals surface area (Å²) in [6, 6.07) is 0.0308. The Morgan fingerprint density at radius 2 is 1.95 bits per heavy atom. The number of rotatable bonds is 6. The van der Waals surface area contributed by atoms with E-state index in [1.807, 2.05) is 19.0 Å². The lowest BCUT2D eigenvalue weighted by molar-refractivity contribution is -0.139. The smallest absolute Gasteiger partial charge is 0.317 e. The predicted octanol–water partition coefficient (Wildman–Crippen LogP) is 0.689. The van der Waals surface area contributed by atoms with Crippen LogP contribution in [0, 0.1) is 11.8 Å². The summed E-state index contributed by atoms with van der Waals surface area (Å²) < 4.78 is 0. The number of likely N-dealkylation sites (tertiary alicyclic amines) is 1. The number of urea groups is 1. The van der Waals surface area contributed by atoms with Gasteiger partial charge in [-0.1, -0.05) is 13.8 Å². The van der Waals surface area contributed by atoms with E-state index in [9.17, 15) is 9.59 Å². The van der Waals surface area contributed by atoms with Crippen LogP contribution in [0.15, 0.2) is 0 Å². The SMILES string of the molecule is CC(C)C(CN(C)C)NC(=O)N1CC(CC(=O)O)C1. The Morgan fingerprint density at radius 1 is 1.37 bits per heavy atom. The maximum absolute atomic E-state index is 12.0. The lowest BCUT2D eigenvalue weighted by Crippen LogP contribution is -2.57. The van der Waals surface area contributed by atoms with Gasteiger partial charge in [-0.3, -0.25) is 4.79 Å². The molecule has 2 N–H and O–H groups in total. The molecule has 0 aromatic rings. The number of carbonyl (C=O) groups is 2. The third-order valence-electron chi connectivity index (χ3n) is 3.38. The van der Waals surface area contributed by atoms with Crippen molar-refractivity contribution in [3.63, 3.8) is 0 Å². The van der Waals surface area contributed by atoms with Gasteiger partial charge >= 0.3 is 12.0 Å². The predicted molar refractivity (Wildman–Crippen MR) is 73.0 cm³/mol. The molecule has 110 valence electrons. The molecular weight excluding hydrogens is 246 g/mol. The van der Waals surface area contributed by atoms with Crippen molar-refractivity contribution in [3.05, 3.63) is 0 Å². The monoisotopic (exact) mass is 271 g/mol. The van der Waals surface area contributed by atoms with Gasteiger partial charge in [-0.2, -0.15) is 0 Å². The highest BCUT2D eigenvalue weighted by Gasteiger charge is 2.33. The summed E-state index contributed by atoms with van der Waals surface area (Å²) in [6.07, 6.45) is 0.148. The van der Waals surface area contributed by atoms with Gasteiger partial charge in [0.25, 0.3) is 0 Å². The fraction of sp³-hybridized carbons (Fsp3) is 0.846. The Hall–Kier alpha value is -1.30. The van der Waals surface area contributed by atoms with E-state index >= 15 is 0 Å². The van der Waals surface area contributed by atoms with Crippen molar-refractivity contribution >= 4 is 12.0 Å². The van der Waals surface area contributed by atoms with E-state index in [1.54, 1.807) is 4.90 Å². The van der Waals surface area contributed by atoms with E-state index in [-0.39, 0.29) is 24.4 Å². The van der Waals surface area contributed by atoms with Gasteiger partial charge in [0.05, 0.1) is 6.42 Å². The van der Waals surface area contributed by atoms with Crippen molar-refractivity contribution < 1.29 is 14.7 Å². The molecule has 0 saturated carbocycles. The molecule has 1 heterocycles. The Morgan fingerprint density at radius 3 is 2.37 bits per heavy atom. The number of carbonyl (C=O) groups excluding carboxylic acids is 1. The quantitative estimate of drug-likeness (QED) is 0.745. The molecule has 0 bridgehead atoms. The molecule has 6 heteroatoms. The van der Waals surface area contributed by atoms with Gasteiger partial charge in [0, 0.05) is 31.6 Å². The standard InChI is InChI=1S/C13H25N3O3/c1-9(2)11(8-15(3)4)14-13(19)16-6-10(7-16)5-12(17)18/h9-11H,5-8H2,1-4H3,(H,14,19)(H,17,18). The van der Waals surface area contributed by atoms with Crippen LogP contribution < -0.4 is 5.32 Å². The van der Waals surface area contributed by atoms with E-state index in [4.69, 9.17) is 5.11 Å². The molecule has 0 radical (unpaired) electrons. The van der Waals surface area contributed by atoms with E-state index < -0.39 is 5.97 Å². The van der Waals surface area contributed by atoms with Crippen LogP contribution in [-0.4, -0.2) is 66.7 Å². The van der Waals surface area contributed by atoms with Crippen LogP contribution >= 0.6 is 0 Å². The lowest BCUT2D eigenvalue weighted by atomic mass is 9.97. The second-order valence-corrected chi connectivity index (χ2v) is 5.93. The third-order valence-corrected chi connectivity index (χ3v) is 3.38. The third kappa shape index (κ3) is 5.06. The van der Waals surface area contributed by atoms with Crippen LogP contribution in [0.5, 0.6) is 0 Å². The normalized spacial score (nSPS) is 17.5. The van der Waals surface area contributed by atoms with Gasteiger partial charge in [0.15, 0.2) is 0 Å². The molecule has 1 aliphatic rings. The fourth-order valence-corrected chi connectivity index (χ4v) is 2.18. The molecule has 2 amide bonds. The minimum absolute atomic E-state index is 0.0813. The fourth-order valence-electron chi connectivity index (χ4n) is 2.18.